The molecule has 0 radical (unpaired) electrons. The normalized spacial score (nSPS) is 21.5. The van der Waals surface area contributed by atoms with Gasteiger partial charge >= 0.3 is 0 Å². The zero-order valence-corrected chi connectivity index (χ0v) is 16.9. The van der Waals surface area contributed by atoms with Crippen molar-refractivity contribution in [2.24, 2.45) is 5.92 Å². The summed E-state index contributed by atoms with van der Waals surface area (Å²) in [5.41, 5.74) is 6.79. The number of pyridine rings is 1. The predicted octanol–water partition coefficient (Wildman–Crippen LogP) is 3.55. The standard InChI is InChI=1S/C24H26N4O2/c29-23(26-30)9-8-17-10-14-28-21(16-19-11-13-27-12-4-7-20(19)27)24(25-22(28)15-17)18-5-2-1-3-6-18/h1-3,5-6,8-10,14-15,19-20,30H,4,7,11-13,16H2,(H,26,29). The fraction of sp³-hybridized carbons (Fsp3) is 0.333. The molecular formula is C24H26N4O2. The summed E-state index contributed by atoms with van der Waals surface area (Å²) in [6, 6.07) is 15.0. The molecule has 3 aromatic rings. The summed E-state index contributed by atoms with van der Waals surface area (Å²) in [6.45, 7) is 2.46. The zero-order valence-electron chi connectivity index (χ0n) is 16.9. The molecule has 0 aliphatic carbocycles. The molecule has 2 aromatic heterocycles. The molecule has 2 N–H and O–H groups in total. The number of carbonyl (C=O) groups is 1. The van der Waals surface area contributed by atoms with Crippen LogP contribution in [0.2, 0.25) is 0 Å². The van der Waals surface area contributed by atoms with E-state index in [-0.39, 0.29) is 0 Å². The Morgan fingerprint density at radius 2 is 2.07 bits per heavy atom. The highest BCUT2D eigenvalue weighted by atomic mass is 16.5. The minimum atomic E-state index is -0.550. The van der Waals surface area contributed by atoms with E-state index < -0.39 is 5.91 Å². The Balaban J connectivity index is 1.54. The number of rotatable bonds is 5. The van der Waals surface area contributed by atoms with E-state index in [9.17, 15) is 4.79 Å². The summed E-state index contributed by atoms with van der Waals surface area (Å²) in [4.78, 5) is 18.9. The van der Waals surface area contributed by atoms with E-state index in [0.717, 1.165) is 28.9 Å². The quantitative estimate of drug-likeness (QED) is 0.389. The van der Waals surface area contributed by atoms with E-state index in [0.29, 0.717) is 12.0 Å². The van der Waals surface area contributed by atoms with Crippen molar-refractivity contribution in [2.75, 3.05) is 13.1 Å². The summed E-state index contributed by atoms with van der Waals surface area (Å²) in [7, 11) is 0. The smallest absolute Gasteiger partial charge is 0.267 e. The van der Waals surface area contributed by atoms with Crippen LogP contribution in [-0.2, 0) is 11.2 Å². The molecule has 2 fully saturated rings. The lowest BCUT2D eigenvalue weighted by atomic mass is 9.92. The van der Waals surface area contributed by atoms with Gasteiger partial charge < -0.3 is 9.30 Å². The molecule has 154 valence electrons. The minimum Gasteiger partial charge on any atom is -0.303 e. The van der Waals surface area contributed by atoms with Crippen LogP contribution in [0.4, 0.5) is 0 Å². The van der Waals surface area contributed by atoms with Crippen LogP contribution in [0.3, 0.4) is 0 Å². The maximum atomic E-state index is 11.3. The van der Waals surface area contributed by atoms with Crippen LogP contribution in [0, 0.1) is 5.92 Å². The van der Waals surface area contributed by atoms with Gasteiger partial charge in [0.25, 0.3) is 5.91 Å². The van der Waals surface area contributed by atoms with Crippen LogP contribution in [0.25, 0.3) is 23.0 Å². The molecule has 6 heteroatoms. The van der Waals surface area contributed by atoms with Crippen LogP contribution in [0.5, 0.6) is 0 Å². The second kappa shape index (κ2) is 8.05. The molecule has 2 atom stereocenters. The van der Waals surface area contributed by atoms with Gasteiger partial charge in [-0.05, 0) is 68.5 Å². The lowest BCUT2D eigenvalue weighted by Crippen LogP contribution is -2.27. The van der Waals surface area contributed by atoms with E-state index in [1.165, 1.54) is 44.1 Å². The molecule has 2 aliphatic rings. The van der Waals surface area contributed by atoms with E-state index in [4.69, 9.17) is 10.2 Å². The Kier molecular flexibility index (Phi) is 5.11. The van der Waals surface area contributed by atoms with Gasteiger partial charge in [-0.1, -0.05) is 30.3 Å². The Hall–Kier alpha value is -2.96. The molecule has 5 rings (SSSR count). The Bertz CT molecular complexity index is 1090. The molecule has 6 nitrogen and oxygen atoms in total. The van der Waals surface area contributed by atoms with Gasteiger partial charge in [-0.3, -0.25) is 10.0 Å². The number of imidazole rings is 1. The lowest BCUT2D eigenvalue weighted by molar-refractivity contribution is -0.124. The number of fused-ring (bicyclic) bond motifs is 2. The van der Waals surface area contributed by atoms with Crippen molar-refractivity contribution in [1.29, 1.82) is 0 Å². The van der Waals surface area contributed by atoms with E-state index in [1.54, 1.807) is 11.6 Å². The molecular weight excluding hydrogens is 376 g/mol. The SMILES string of the molecule is O=C(C=Cc1ccn2c(CC3CCN4CCCC34)c(-c3ccccc3)nc2c1)NO. The second-order valence-electron chi connectivity index (χ2n) is 8.27. The van der Waals surface area contributed by atoms with Crippen LogP contribution in [0.1, 0.15) is 30.5 Å². The van der Waals surface area contributed by atoms with E-state index >= 15 is 0 Å². The number of hydroxylamine groups is 1. The molecule has 1 amide bonds. The van der Waals surface area contributed by atoms with Crippen LogP contribution in [0.15, 0.2) is 54.7 Å². The molecule has 0 spiro atoms. The molecule has 0 bridgehead atoms. The lowest BCUT2D eigenvalue weighted by Gasteiger charge is -2.20. The summed E-state index contributed by atoms with van der Waals surface area (Å²) in [5.74, 6) is 0.119. The Labute approximate surface area is 175 Å². The minimum absolute atomic E-state index is 0.550. The topological polar surface area (TPSA) is 69.9 Å². The summed E-state index contributed by atoms with van der Waals surface area (Å²) >= 11 is 0. The second-order valence-corrected chi connectivity index (χ2v) is 8.27. The predicted molar refractivity (Wildman–Crippen MR) is 116 cm³/mol. The van der Waals surface area contributed by atoms with Crippen molar-refractivity contribution in [3.8, 4) is 11.3 Å². The number of hydrogen-bond donors (Lipinski definition) is 2. The van der Waals surface area contributed by atoms with Gasteiger partial charge in [0, 0.05) is 23.9 Å². The summed E-state index contributed by atoms with van der Waals surface area (Å²) in [6.07, 6.45) is 9.93. The third kappa shape index (κ3) is 3.53. The van der Waals surface area contributed by atoms with E-state index in [2.05, 4.69) is 33.6 Å². The molecule has 2 unspecified atom stereocenters. The highest BCUT2D eigenvalue weighted by molar-refractivity contribution is 5.91. The summed E-state index contributed by atoms with van der Waals surface area (Å²) < 4.78 is 2.20. The van der Waals surface area contributed by atoms with Crippen LogP contribution >= 0.6 is 0 Å². The van der Waals surface area contributed by atoms with Gasteiger partial charge in [0.05, 0.1) is 11.4 Å². The molecule has 30 heavy (non-hydrogen) atoms. The van der Waals surface area contributed by atoms with E-state index in [1.807, 2.05) is 24.4 Å². The number of benzene rings is 1. The molecule has 0 saturated carbocycles. The monoisotopic (exact) mass is 402 g/mol. The third-order valence-electron chi connectivity index (χ3n) is 6.53. The first-order valence-electron chi connectivity index (χ1n) is 10.7. The van der Waals surface area contributed by atoms with Gasteiger partial charge in [0.15, 0.2) is 0 Å². The van der Waals surface area contributed by atoms with Crippen molar-refractivity contribution < 1.29 is 10.0 Å². The highest BCUT2D eigenvalue weighted by Crippen LogP contribution is 2.37. The average Bonchev–Trinajstić information content (AvgIpc) is 3.48. The third-order valence-corrected chi connectivity index (χ3v) is 6.53. The number of amides is 1. The average molecular weight is 402 g/mol. The Morgan fingerprint density at radius 1 is 1.20 bits per heavy atom. The summed E-state index contributed by atoms with van der Waals surface area (Å²) in [5, 5.41) is 8.68. The van der Waals surface area contributed by atoms with Crippen LogP contribution in [-0.4, -0.2) is 44.5 Å². The number of nitrogens with zero attached hydrogens (tertiary/aromatic N) is 3. The maximum absolute atomic E-state index is 11.3. The fourth-order valence-electron chi connectivity index (χ4n) is 5.12. The molecule has 2 saturated heterocycles. The number of nitrogens with one attached hydrogen (secondary N) is 1. The van der Waals surface area contributed by atoms with Crippen molar-refractivity contribution >= 4 is 17.6 Å². The van der Waals surface area contributed by atoms with Gasteiger partial charge in [-0.15, -0.1) is 0 Å². The van der Waals surface area contributed by atoms with Crippen molar-refractivity contribution in [2.45, 2.75) is 31.7 Å². The van der Waals surface area contributed by atoms with Gasteiger partial charge in [0.2, 0.25) is 0 Å². The van der Waals surface area contributed by atoms with Gasteiger partial charge in [0.1, 0.15) is 5.65 Å². The number of hydrogen-bond acceptors (Lipinski definition) is 4. The van der Waals surface area contributed by atoms with Crippen molar-refractivity contribution in [3.63, 3.8) is 0 Å². The first-order valence-corrected chi connectivity index (χ1v) is 10.7. The molecule has 2 aliphatic heterocycles. The number of carbonyl (C=O) groups excluding carboxylic acids is 1. The zero-order chi connectivity index (χ0) is 20.5. The molecule has 4 heterocycles. The maximum Gasteiger partial charge on any atom is 0.267 e. The highest BCUT2D eigenvalue weighted by Gasteiger charge is 2.37. The fourth-order valence-corrected chi connectivity index (χ4v) is 5.12. The first-order chi connectivity index (χ1) is 14.7. The van der Waals surface area contributed by atoms with Gasteiger partial charge in [-0.2, -0.15) is 0 Å². The van der Waals surface area contributed by atoms with Gasteiger partial charge in [-0.25, -0.2) is 10.5 Å². The van der Waals surface area contributed by atoms with Crippen molar-refractivity contribution in [3.05, 3.63) is 66.0 Å². The Morgan fingerprint density at radius 3 is 2.90 bits per heavy atom. The first kappa shape index (κ1) is 19.0. The van der Waals surface area contributed by atoms with Crippen LogP contribution < -0.4 is 5.48 Å². The number of aromatic nitrogens is 2. The molecule has 1 aromatic carbocycles. The van der Waals surface area contributed by atoms with Crippen molar-refractivity contribution in [1.82, 2.24) is 19.8 Å². The largest absolute Gasteiger partial charge is 0.303 e.